The first-order chi connectivity index (χ1) is 11.6. The molecule has 7 heteroatoms. The normalized spacial score (nSPS) is 28.1. The van der Waals surface area contributed by atoms with Gasteiger partial charge in [0.1, 0.15) is 11.6 Å². The van der Waals surface area contributed by atoms with E-state index >= 15 is 0 Å². The van der Waals surface area contributed by atoms with Gasteiger partial charge in [-0.3, -0.25) is 9.69 Å². The second-order valence-electron chi connectivity index (χ2n) is 7.60. The van der Waals surface area contributed by atoms with Crippen LogP contribution in [0.2, 0.25) is 0 Å². The zero-order valence-corrected chi connectivity index (χ0v) is 14.3. The van der Waals surface area contributed by atoms with Crippen molar-refractivity contribution in [1.82, 2.24) is 19.9 Å². The lowest BCUT2D eigenvalue weighted by Gasteiger charge is -2.42. The van der Waals surface area contributed by atoms with Crippen LogP contribution in [0.15, 0.2) is 4.52 Å². The van der Waals surface area contributed by atoms with Crippen LogP contribution in [-0.2, 0) is 4.79 Å². The minimum Gasteiger partial charge on any atom is -0.380 e. The Morgan fingerprint density at radius 2 is 2.00 bits per heavy atom. The van der Waals surface area contributed by atoms with Gasteiger partial charge in [0.15, 0.2) is 5.82 Å². The monoisotopic (exact) mass is 334 g/mol. The predicted molar refractivity (Wildman–Crippen MR) is 86.3 cm³/mol. The molecule has 0 aromatic carbocycles. The molecule has 1 aliphatic heterocycles. The van der Waals surface area contributed by atoms with E-state index in [1.165, 1.54) is 0 Å². The third-order valence-electron chi connectivity index (χ3n) is 5.70. The second kappa shape index (κ2) is 6.11. The lowest BCUT2D eigenvalue weighted by Crippen LogP contribution is -2.56. The van der Waals surface area contributed by atoms with E-state index < -0.39 is 5.60 Å². The Hall–Kier alpha value is -1.47. The van der Waals surface area contributed by atoms with Crippen molar-refractivity contribution in [2.75, 3.05) is 26.7 Å². The molecule has 1 aromatic heterocycles. The van der Waals surface area contributed by atoms with Gasteiger partial charge in [-0.05, 0) is 32.7 Å². The fraction of sp³-hybridized carbons (Fsp3) is 0.824. The zero-order chi connectivity index (χ0) is 16.7. The minimum atomic E-state index is -1.17. The predicted octanol–water partition coefficient (Wildman–Crippen LogP) is 1.46. The molecule has 1 N–H and O–H groups in total. The van der Waals surface area contributed by atoms with Crippen LogP contribution in [0.3, 0.4) is 0 Å². The van der Waals surface area contributed by atoms with Crippen molar-refractivity contribution in [3.63, 3.8) is 0 Å². The molecular weight excluding hydrogens is 308 g/mol. The van der Waals surface area contributed by atoms with Gasteiger partial charge in [0.05, 0.1) is 0 Å². The summed E-state index contributed by atoms with van der Waals surface area (Å²) in [6.07, 6.45) is 6.38. The summed E-state index contributed by atoms with van der Waals surface area (Å²) in [4.78, 5) is 21.4. The van der Waals surface area contributed by atoms with E-state index in [0.29, 0.717) is 37.7 Å². The van der Waals surface area contributed by atoms with E-state index in [2.05, 4.69) is 15.0 Å². The van der Waals surface area contributed by atoms with Gasteiger partial charge in [0, 0.05) is 25.6 Å². The standard InChI is InChI=1S/C17H26N4O3/c1-20-9-10-21(16(22)17(23)7-3-2-4-8-17)11-13(20)15-18-14(19-24-15)12-5-6-12/h12-13,23H,2-11H2,1H3/t13-/m0/s1. The van der Waals surface area contributed by atoms with Crippen molar-refractivity contribution in [2.45, 2.75) is 62.5 Å². The van der Waals surface area contributed by atoms with E-state index in [4.69, 9.17) is 4.52 Å². The summed E-state index contributed by atoms with van der Waals surface area (Å²) in [5, 5.41) is 14.8. The summed E-state index contributed by atoms with van der Waals surface area (Å²) in [6.45, 7) is 1.88. The van der Waals surface area contributed by atoms with Crippen molar-refractivity contribution in [1.29, 1.82) is 0 Å². The van der Waals surface area contributed by atoms with Crippen LogP contribution < -0.4 is 0 Å². The van der Waals surface area contributed by atoms with Crippen molar-refractivity contribution in [3.05, 3.63) is 11.7 Å². The van der Waals surface area contributed by atoms with Gasteiger partial charge in [0.2, 0.25) is 5.89 Å². The maximum atomic E-state index is 12.9. The largest absolute Gasteiger partial charge is 0.380 e. The van der Waals surface area contributed by atoms with Crippen LogP contribution in [0.5, 0.6) is 0 Å². The molecule has 4 rings (SSSR count). The number of hydrogen-bond acceptors (Lipinski definition) is 6. The van der Waals surface area contributed by atoms with Gasteiger partial charge in [-0.15, -0.1) is 0 Å². The van der Waals surface area contributed by atoms with Gasteiger partial charge in [0.25, 0.3) is 5.91 Å². The highest BCUT2D eigenvalue weighted by molar-refractivity contribution is 5.85. The first kappa shape index (κ1) is 16.0. The number of amides is 1. The topological polar surface area (TPSA) is 82.7 Å². The summed E-state index contributed by atoms with van der Waals surface area (Å²) < 4.78 is 5.47. The summed E-state index contributed by atoms with van der Waals surface area (Å²) in [6, 6.07) is -0.0881. The Kier molecular flexibility index (Phi) is 4.08. The Bertz CT molecular complexity index is 607. The number of rotatable bonds is 3. The number of piperazine rings is 1. The van der Waals surface area contributed by atoms with Gasteiger partial charge in [-0.25, -0.2) is 0 Å². The molecule has 0 radical (unpaired) electrons. The summed E-state index contributed by atoms with van der Waals surface area (Å²) in [7, 11) is 2.02. The lowest BCUT2D eigenvalue weighted by atomic mass is 9.83. The average molecular weight is 334 g/mol. The first-order valence-electron chi connectivity index (χ1n) is 9.12. The highest BCUT2D eigenvalue weighted by Gasteiger charge is 2.43. The fourth-order valence-electron chi connectivity index (χ4n) is 3.86. The number of carbonyl (C=O) groups is 1. The second-order valence-corrected chi connectivity index (χ2v) is 7.60. The number of nitrogens with zero attached hydrogens (tertiary/aromatic N) is 4. The Morgan fingerprint density at radius 1 is 1.25 bits per heavy atom. The third-order valence-corrected chi connectivity index (χ3v) is 5.70. The van der Waals surface area contributed by atoms with Crippen LogP contribution in [0.4, 0.5) is 0 Å². The van der Waals surface area contributed by atoms with Crippen molar-refractivity contribution < 1.29 is 14.4 Å². The molecule has 0 unspecified atom stereocenters. The molecule has 3 aliphatic rings. The SMILES string of the molecule is CN1CCN(C(=O)C2(O)CCCCC2)C[C@H]1c1nc(C2CC2)no1. The molecule has 1 aromatic rings. The maximum Gasteiger partial charge on any atom is 0.254 e. The number of likely N-dealkylation sites (N-methyl/N-ethyl adjacent to an activating group) is 1. The third kappa shape index (κ3) is 2.95. The number of hydrogen-bond donors (Lipinski definition) is 1. The Balaban J connectivity index is 1.48. The first-order valence-corrected chi connectivity index (χ1v) is 9.12. The van der Waals surface area contributed by atoms with Gasteiger partial charge in [-0.2, -0.15) is 4.98 Å². The Morgan fingerprint density at radius 3 is 2.71 bits per heavy atom. The molecule has 2 aliphatic carbocycles. The number of aromatic nitrogens is 2. The quantitative estimate of drug-likeness (QED) is 0.901. The summed E-state index contributed by atoms with van der Waals surface area (Å²) in [5.74, 6) is 1.72. The van der Waals surface area contributed by atoms with E-state index in [1.807, 2.05) is 7.05 Å². The highest BCUT2D eigenvalue weighted by atomic mass is 16.5. The van der Waals surface area contributed by atoms with Crippen molar-refractivity contribution in [3.8, 4) is 0 Å². The molecule has 0 bridgehead atoms. The summed E-state index contributed by atoms with van der Waals surface area (Å²) >= 11 is 0. The average Bonchev–Trinajstić information content (AvgIpc) is 3.33. The lowest BCUT2D eigenvalue weighted by molar-refractivity contribution is -0.157. The Labute approximate surface area is 142 Å². The van der Waals surface area contributed by atoms with Crippen LogP contribution in [0.25, 0.3) is 0 Å². The van der Waals surface area contributed by atoms with Gasteiger partial charge in [-0.1, -0.05) is 24.4 Å². The molecule has 0 spiro atoms. The minimum absolute atomic E-state index is 0.0881. The molecule has 2 saturated carbocycles. The number of aliphatic hydroxyl groups is 1. The van der Waals surface area contributed by atoms with E-state index in [9.17, 15) is 9.90 Å². The molecule has 1 amide bonds. The molecule has 24 heavy (non-hydrogen) atoms. The molecule has 2 heterocycles. The van der Waals surface area contributed by atoms with Crippen LogP contribution >= 0.6 is 0 Å². The molecule has 3 fully saturated rings. The van der Waals surface area contributed by atoms with Crippen LogP contribution in [-0.4, -0.2) is 63.2 Å². The summed E-state index contributed by atoms with van der Waals surface area (Å²) in [5.41, 5.74) is -1.17. The van der Waals surface area contributed by atoms with E-state index in [-0.39, 0.29) is 11.9 Å². The molecule has 7 nitrogen and oxygen atoms in total. The zero-order valence-electron chi connectivity index (χ0n) is 14.3. The molecule has 1 saturated heterocycles. The fourth-order valence-corrected chi connectivity index (χ4v) is 3.86. The molecule has 1 atom stereocenters. The smallest absolute Gasteiger partial charge is 0.254 e. The number of carbonyl (C=O) groups excluding carboxylic acids is 1. The van der Waals surface area contributed by atoms with Crippen molar-refractivity contribution in [2.24, 2.45) is 0 Å². The molecule has 132 valence electrons. The van der Waals surface area contributed by atoms with Crippen LogP contribution in [0, 0.1) is 0 Å². The van der Waals surface area contributed by atoms with E-state index in [0.717, 1.165) is 44.5 Å². The maximum absolute atomic E-state index is 12.9. The van der Waals surface area contributed by atoms with Crippen LogP contribution in [0.1, 0.15) is 68.6 Å². The highest BCUT2D eigenvalue weighted by Crippen LogP contribution is 2.39. The molecular formula is C17H26N4O3. The van der Waals surface area contributed by atoms with Crippen molar-refractivity contribution >= 4 is 5.91 Å². The van der Waals surface area contributed by atoms with Gasteiger partial charge >= 0.3 is 0 Å². The van der Waals surface area contributed by atoms with E-state index in [1.54, 1.807) is 4.90 Å². The van der Waals surface area contributed by atoms with Gasteiger partial charge < -0.3 is 14.5 Å².